The van der Waals surface area contributed by atoms with Crippen molar-refractivity contribution < 1.29 is 14.4 Å². The Balaban J connectivity index is 1.70. The summed E-state index contributed by atoms with van der Waals surface area (Å²) in [5, 5.41) is 5.75. The second kappa shape index (κ2) is 12.1. The summed E-state index contributed by atoms with van der Waals surface area (Å²) >= 11 is 0. The van der Waals surface area contributed by atoms with Crippen molar-refractivity contribution in [1.29, 1.82) is 0 Å². The fourth-order valence-corrected chi connectivity index (χ4v) is 4.73. The number of benzene rings is 2. The molecule has 39 heavy (non-hydrogen) atoms. The van der Waals surface area contributed by atoms with E-state index >= 15 is 0 Å². The lowest BCUT2D eigenvalue weighted by atomic mass is 9.88. The zero-order valence-electron chi connectivity index (χ0n) is 22.9. The first-order valence-electron chi connectivity index (χ1n) is 13.3. The smallest absolute Gasteiger partial charge is 0.278 e. The molecule has 0 radical (unpaired) electrons. The first kappa shape index (κ1) is 27.8. The fraction of sp³-hybridized carbons (Fsp3) is 0.367. The van der Waals surface area contributed by atoms with Crippen molar-refractivity contribution in [2.45, 2.75) is 52.1 Å². The predicted molar refractivity (Wildman–Crippen MR) is 150 cm³/mol. The van der Waals surface area contributed by atoms with E-state index in [-0.39, 0.29) is 47.7 Å². The number of rotatable bonds is 8. The van der Waals surface area contributed by atoms with Gasteiger partial charge in [0.15, 0.2) is 0 Å². The zero-order chi connectivity index (χ0) is 28.1. The van der Waals surface area contributed by atoms with E-state index in [1.807, 2.05) is 25.1 Å². The average Bonchev–Trinajstić information content (AvgIpc) is 2.94. The van der Waals surface area contributed by atoms with E-state index in [2.05, 4.69) is 21.7 Å². The molecule has 1 aliphatic rings. The number of amides is 3. The van der Waals surface area contributed by atoms with E-state index in [0.717, 1.165) is 24.8 Å². The van der Waals surface area contributed by atoms with Gasteiger partial charge in [-0.15, -0.1) is 0 Å². The number of carbonyl (C=O) groups is 3. The van der Waals surface area contributed by atoms with Crippen LogP contribution in [0, 0.1) is 5.92 Å². The number of nitrogens with zero attached hydrogens (tertiary/aromatic N) is 3. The lowest BCUT2D eigenvalue weighted by Crippen LogP contribution is -2.37. The van der Waals surface area contributed by atoms with Crippen molar-refractivity contribution in [3.8, 4) is 11.4 Å². The van der Waals surface area contributed by atoms with E-state index in [1.165, 1.54) is 21.2 Å². The Morgan fingerprint density at radius 1 is 1.13 bits per heavy atom. The molecule has 204 valence electrons. The van der Waals surface area contributed by atoms with Gasteiger partial charge in [-0.2, -0.15) is 0 Å². The maximum Gasteiger partial charge on any atom is 0.278 e. The SMILES string of the molecule is CC[C@@H](C)C(=O)Nc1cnc(-c2cccc(C(=O)N(C)C)c2)n(CC(=O)N[C@@H]2CCCc3ccccc32)c1=O. The normalized spacial score (nSPS) is 15.1. The van der Waals surface area contributed by atoms with Gasteiger partial charge in [-0.3, -0.25) is 23.7 Å². The summed E-state index contributed by atoms with van der Waals surface area (Å²) < 4.78 is 1.26. The third kappa shape index (κ3) is 6.25. The number of hydrogen-bond acceptors (Lipinski definition) is 5. The van der Waals surface area contributed by atoms with Gasteiger partial charge in [0.25, 0.3) is 11.5 Å². The van der Waals surface area contributed by atoms with Crippen molar-refractivity contribution >= 4 is 23.4 Å². The molecule has 9 heteroatoms. The van der Waals surface area contributed by atoms with Crippen LogP contribution in [0.4, 0.5) is 5.69 Å². The standard InChI is InChI=1S/C30H35N5O4/c1-5-19(2)28(37)33-25-17-31-27(21-12-8-13-22(16-21)29(38)34(3)4)35(30(25)39)18-26(36)32-24-15-9-11-20-10-6-7-14-23(20)24/h6-8,10,12-14,16-17,19,24H,5,9,11,15,18H2,1-4H3,(H,32,36)(H,33,37)/t19-,24-/m1/s1. The topological polar surface area (TPSA) is 113 Å². The number of anilines is 1. The van der Waals surface area contributed by atoms with E-state index in [0.29, 0.717) is 17.5 Å². The van der Waals surface area contributed by atoms with Crippen LogP contribution < -0.4 is 16.2 Å². The Morgan fingerprint density at radius 3 is 2.64 bits per heavy atom. The van der Waals surface area contributed by atoms with Gasteiger partial charge in [-0.25, -0.2) is 4.98 Å². The quantitative estimate of drug-likeness (QED) is 0.461. The van der Waals surface area contributed by atoms with Crippen LogP contribution in [0.2, 0.25) is 0 Å². The lowest BCUT2D eigenvalue weighted by Gasteiger charge is -2.26. The van der Waals surface area contributed by atoms with Crippen LogP contribution in [0.5, 0.6) is 0 Å². The number of hydrogen-bond donors (Lipinski definition) is 2. The van der Waals surface area contributed by atoms with Gasteiger partial charge in [0.05, 0.1) is 12.2 Å². The average molecular weight is 530 g/mol. The number of nitrogens with one attached hydrogen (secondary N) is 2. The third-order valence-corrected chi connectivity index (χ3v) is 7.15. The molecule has 0 spiro atoms. The van der Waals surface area contributed by atoms with Crippen LogP contribution in [0.1, 0.15) is 60.6 Å². The molecule has 0 saturated heterocycles. The molecular formula is C30H35N5O4. The zero-order valence-corrected chi connectivity index (χ0v) is 22.9. The highest BCUT2D eigenvalue weighted by atomic mass is 16.2. The minimum absolute atomic E-state index is 0.000356. The molecule has 3 amide bonds. The summed E-state index contributed by atoms with van der Waals surface area (Å²) in [6.07, 6.45) is 4.66. The molecule has 0 aliphatic heterocycles. The molecule has 9 nitrogen and oxygen atoms in total. The highest BCUT2D eigenvalue weighted by Crippen LogP contribution is 2.29. The number of fused-ring (bicyclic) bond motifs is 1. The Morgan fingerprint density at radius 2 is 1.90 bits per heavy atom. The Labute approximate surface area is 228 Å². The molecule has 0 saturated carbocycles. The number of carbonyl (C=O) groups excluding carboxylic acids is 3. The van der Waals surface area contributed by atoms with E-state index in [1.54, 1.807) is 45.3 Å². The van der Waals surface area contributed by atoms with Gasteiger partial charge in [0.2, 0.25) is 11.8 Å². The summed E-state index contributed by atoms with van der Waals surface area (Å²) in [6.45, 7) is 3.37. The molecule has 1 aliphatic carbocycles. The maximum absolute atomic E-state index is 13.6. The highest BCUT2D eigenvalue weighted by Gasteiger charge is 2.24. The van der Waals surface area contributed by atoms with Crippen molar-refractivity contribution in [3.63, 3.8) is 0 Å². The summed E-state index contributed by atoms with van der Waals surface area (Å²) in [5.74, 6) is -0.891. The maximum atomic E-state index is 13.6. The van der Waals surface area contributed by atoms with Crippen LogP contribution in [0.25, 0.3) is 11.4 Å². The summed E-state index contributed by atoms with van der Waals surface area (Å²) in [4.78, 5) is 58.0. The van der Waals surface area contributed by atoms with Gasteiger partial charge >= 0.3 is 0 Å². The monoisotopic (exact) mass is 529 g/mol. The lowest BCUT2D eigenvalue weighted by molar-refractivity contribution is -0.122. The fourth-order valence-electron chi connectivity index (χ4n) is 4.73. The molecule has 0 fully saturated rings. The number of aromatic nitrogens is 2. The molecule has 1 aromatic heterocycles. The first-order valence-corrected chi connectivity index (χ1v) is 13.3. The van der Waals surface area contributed by atoms with Crippen molar-refractivity contribution in [2.75, 3.05) is 19.4 Å². The minimum atomic E-state index is -0.541. The van der Waals surface area contributed by atoms with E-state index in [9.17, 15) is 19.2 Å². The third-order valence-electron chi connectivity index (χ3n) is 7.15. The Kier molecular flexibility index (Phi) is 8.59. The van der Waals surface area contributed by atoms with Crippen LogP contribution in [-0.2, 0) is 22.6 Å². The van der Waals surface area contributed by atoms with Crippen molar-refractivity contribution in [2.24, 2.45) is 5.92 Å². The molecule has 2 N–H and O–H groups in total. The predicted octanol–water partition coefficient (Wildman–Crippen LogP) is 3.79. The summed E-state index contributed by atoms with van der Waals surface area (Å²) in [5.41, 5.74) is 2.70. The van der Waals surface area contributed by atoms with Gasteiger partial charge in [-0.1, -0.05) is 50.2 Å². The van der Waals surface area contributed by atoms with Gasteiger partial charge < -0.3 is 15.5 Å². The molecule has 2 atom stereocenters. The molecular weight excluding hydrogens is 494 g/mol. The minimum Gasteiger partial charge on any atom is -0.348 e. The molecule has 2 aromatic carbocycles. The number of aryl methyl sites for hydroxylation is 1. The summed E-state index contributed by atoms with van der Waals surface area (Å²) in [6, 6.07) is 14.7. The Bertz CT molecular complexity index is 1450. The van der Waals surface area contributed by atoms with Gasteiger partial charge in [0.1, 0.15) is 18.1 Å². The first-order chi connectivity index (χ1) is 18.7. The molecule has 3 aromatic rings. The van der Waals surface area contributed by atoms with E-state index in [4.69, 9.17) is 0 Å². The molecule has 0 unspecified atom stereocenters. The largest absolute Gasteiger partial charge is 0.348 e. The van der Waals surface area contributed by atoms with Crippen LogP contribution >= 0.6 is 0 Å². The second-order valence-electron chi connectivity index (χ2n) is 10.2. The van der Waals surface area contributed by atoms with Crippen LogP contribution in [-0.4, -0.2) is 46.3 Å². The van der Waals surface area contributed by atoms with Crippen LogP contribution in [0.15, 0.2) is 59.5 Å². The van der Waals surface area contributed by atoms with Gasteiger partial charge in [-0.05, 0) is 48.9 Å². The van der Waals surface area contributed by atoms with Crippen LogP contribution in [0.3, 0.4) is 0 Å². The van der Waals surface area contributed by atoms with Gasteiger partial charge in [0, 0.05) is 31.1 Å². The molecule has 1 heterocycles. The molecule has 4 rings (SSSR count). The second-order valence-corrected chi connectivity index (χ2v) is 10.2. The van der Waals surface area contributed by atoms with Crippen molar-refractivity contribution in [1.82, 2.24) is 19.8 Å². The Hall–Kier alpha value is -4.27. The van der Waals surface area contributed by atoms with Crippen molar-refractivity contribution in [3.05, 3.63) is 81.8 Å². The van der Waals surface area contributed by atoms with E-state index < -0.39 is 5.56 Å². The molecule has 0 bridgehead atoms. The highest BCUT2D eigenvalue weighted by molar-refractivity contribution is 5.95. The summed E-state index contributed by atoms with van der Waals surface area (Å²) in [7, 11) is 3.32.